The Balaban J connectivity index is 1.24. The van der Waals surface area contributed by atoms with Crippen molar-refractivity contribution >= 4 is 32.7 Å². The molecule has 4 heterocycles. The van der Waals surface area contributed by atoms with Gasteiger partial charge in [-0.2, -0.15) is 10.2 Å². The highest BCUT2D eigenvalue weighted by Crippen LogP contribution is 2.49. The van der Waals surface area contributed by atoms with Gasteiger partial charge in [-0.25, -0.2) is 4.98 Å². The van der Waals surface area contributed by atoms with Gasteiger partial charge in [-0.1, -0.05) is 74.5 Å². The predicted octanol–water partition coefficient (Wildman–Crippen LogP) is 8.82. The third-order valence-electron chi connectivity index (χ3n) is 9.14. The van der Waals surface area contributed by atoms with Gasteiger partial charge in [0.2, 0.25) is 0 Å². The highest BCUT2D eigenvalue weighted by atomic mass is 15.1. The summed E-state index contributed by atoms with van der Waals surface area (Å²) in [7, 11) is 0. The molecule has 0 bridgehead atoms. The Morgan fingerprint density at radius 2 is 1.33 bits per heavy atom. The molecular formula is C39H26N6. The van der Waals surface area contributed by atoms with E-state index in [1.807, 2.05) is 42.9 Å². The number of fused-ring (bicyclic) bond motifs is 7. The van der Waals surface area contributed by atoms with Gasteiger partial charge in [-0.05, 0) is 58.7 Å². The Morgan fingerprint density at radius 3 is 2.29 bits per heavy atom. The molecule has 4 aromatic carbocycles. The van der Waals surface area contributed by atoms with E-state index in [1.165, 1.54) is 22.3 Å². The minimum absolute atomic E-state index is 0.131. The molecule has 0 N–H and O–H groups in total. The fraction of sp³-hybridized carbons (Fsp3) is 0.0769. The van der Waals surface area contributed by atoms with E-state index in [1.54, 1.807) is 6.20 Å². The van der Waals surface area contributed by atoms with Crippen molar-refractivity contribution < 1.29 is 0 Å². The van der Waals surface area contributed by atoms with Gasteiger partial charge in [0.15, 0.2) is 0 Å². The molecule has 9 rings (SSSR count). The van der Waals surface area contributed by atoms with Crippen LogP contribution >= 0.6 is 0 Å². The fourth-order valence-electron chi connectivity index (χ4n) is 6.80. The standard InChI is InChI=1S/C39H26N6/c1-39(2)31-8-4-3-7-29(31)30-13-11-27(20-32(30)39)38-37(26-12-14-33-24(18-26)15-17-43-45-33)42-22-34(44-38)28-19-25-10-9-23-6-5-16-40-35(23)36(25)41-21-28/h3-22H,1-2H3. The van der Waals surface area contributed by atoms with Crippen molar-refractivity contribution in [2.75, 3.05) is 0 Å². The molecule has 0 amide bonds. The van der Waals surface area contributed by atoms with Crippen LogP contribution in [0.3, 0.4) is 0 Å². The molecular weight excluding hydrogens is 552 g/mol. The van der Waals surface area contributed by atoms with Crippen LogP contribution in [-0.2, 0) is 5.41 Å². The van der Waals surface area contributed by atoms with E-state index in [-0.39, 0.29) is 5.41 Å². The zero-order chi connectivity index (χ0) is 30.1. The molecule has 45 heavy (non-hydrogen) atoms. The van der Waals surface area contributed by atoms with Crippen molar-refractivity contribution in [1.29, 1.82) is 0 Å². The lowest BCUT2D eigenvalue weighted by Gasteiger charge is -2.22. The second-order valence-electron chi connectivity index (χ2n) is 12.1. The van der Waals surface area contributed by atoms with Crippen LogP contribution in [0.15, 0.2) is 122 Å². The minimum atomic E-state index is -0.131. The summed E-state index contributed by atoms with van der Waals surface area (Å²) >= 11 is 0. The average Bonchev–Trinajstić information content (AvgIpc) is 3.33. The number of pyridine rings is 2. The molecule has 0 aliphatic heterocycles. The van der Waals surface area contributed by atoms with Crippen LogP contribution in [0.25, 0.3) is 77.6 Å². The van der Waals surface area contributed by atoms with Crippen LogP contribution in [0.5, 0.6) is 0 Å². The molecule has 212 valence electrons. The summed E-state index contributed by atoms with van der Waals surface area (Å²) < 4.78 is 0. The van der Waals surface area contributed by atoms with Crippen molar-refractivity contribution in [3.05, 3.63) is 133 Å². The Hall–Kier alpha value is -5.88. The van der Waals surface area contributed by atoms with Crippen molar-refractivity contribution in [1.82, 2.24) is 30.1 Å². The number of rotatable bonds is 3. The molecule has 0 spiro atoms. The molecule has 0 atom stereocenters. The summed E-state index contributed by atoms with van der Waals surface area (Å²) in [6.07, 6.45) is 7.25. The van der Waals surface area contributed by atoms with E-state index in [0.717, 1.165) is 66.5 Å². The highest BCUT2D eigenvalue weighted by molar-refractivity contribution is 6.03. The molecule has 8 aromatic rings. The van der Waals surface area contributed by atoms with Crippen LogP contribution in [-0.4, -0.2) is 30.1 Å². The van der Waals surface area contributed by atoms with Crippen LogP contribution < -0.4 is 0 Å². The smallest absolute Gasteiger partial charge is 0.0972 e. The van der Waals surface area contributed by atoms with Gasteiger partial charge >= 0.3 is 0 Å². The summed E-state index contributed by atoms with van der Waals surface area (Å²) in [4.78, 5) is 19.8. The normalized spacial score (nSPS) is 13.3. The lowest BCUT2D eigenvalue weighted by atomic mass is 9.81. The van der Waals surface area contributed by atoms with Gasteiger partial charge in [0.25, 0.3) is 0 Å². The Morgan fingerprint density at radius 1 is 0.533 bits per heavy atom. The van der Waals surface area contributed by atoms with E-state index >= 15 is 0 Å². The third-order valence-corrected chi connectivity index (χ3v) is 9.14. The molecule has 6 nitrogen and oxygen atoms in total. The predicted molar refractivity (Wildman–Crippen MR) is 180 cm³/mol. The largest absolute Gasteiger partial charge is 0.254 e. The lowest BCUT2D eigenvalue weighted by Crippen LogP contribution is -2.15. The third kappa shape index (κ3) is 3.96. The first-order valence-corrected chi connectivity index (χ1v) is 15.0. The molecule has 0 radical (unpaired) electrons. The van der Waals surface area contributed by atoms with Crippen molar-refractivity contribution in [2.45, 2.75) is 19.3 Å². The molecule has 0 saturated carbocycles. The zero-order valence-electron chi connectivity index (χ0n) is 24.7. The first kappa shape index (κ1) is 25.6. The van der Waals surface area contributed by atoms with Crippen molar-refractivity contribution in [3.8, 4) is 44.9 Å². The second-order valence-corrected chi connectivity index (χ2v) is 12.1. The van der Waals surface area contributed by atoms with E-state index < -0.39 is 0 Å². The van der Waals surface area contributed by atoms with E-state index in [0.29, 0.717) is 0 Å². The maximum atomic E-state index is 5.32. The monoisotopic (exact) mass is 578 g/mol. The fourth-order valence-corrected chi connectivity index (χ4v) is 6.80. The summed E-state index contributed by atoms with van der Waals surface area (Å²) in [5.74, 6) is 0. The lowest BCUT2D eigenvalue weighted by molar-refractivity contribution is 0.660. The molecule has 6 heteroatoms. The number of aromatic nitrogens is 6. The van der Waals surface area contributed by atoms with Crippen molar-refractivity contribution in [3.63, 3.8) is 0 Å². The Kier molecular flexibility index (Phi) is 5.44. The first-order valence-electron chi connectivity index (χ1n) is 15.0. The SMILES string of the molecule is CC1(C)c2ccccc2-c2ccc(-c3nc(-c4cnc5c(ccc6cccnc65)c4)cnc3-c3ccc4nnccc4c3)cc21. The van der Waals surface area contributed by atoms with Crippen LogP contribution in [0.4, 0.5) is 0 Å². The molecule has 0 fully saturated rings. The highest BCUT2D eigenvalue weighted by Gasteiger charge is 2.35. The van der Waals surface area contributed by atoms with Gasteiger partial charge in [0.1, 0.15) is 0 Å². The van der Waals surface area contributed by atoms with Gasteiger partial charge in [0.05, 0.1) is 46.0 Å². The summed E-state index contributed by atoms with van der Waals surface area (Å²) in [6.45, 7) is 4.60. The minimum Gasteiger partial charge on any atom is -0.254 e. The van der Waals surface area contributed by atoms with Crippen LogP contribution in [0.2, 0.25) is 0 Å². The van der Waals surface area contributed by atoms with E-state index in [2.05, 4.69) is 102 Å². The van der Waals surface area contributed by atoms with E-state index in [4.69, 9.17) is 15.0 Å². The second kappa shape index (κ2) is 9.56. The molecule has 4 aromatic heterocycles. The van der Waals surface area contributed by atoms with Gasteiger partial charge in [-0.3, -0.25) is 15.0 Å². The summed E-state index contributed by atoms with van der Waals surface area (Å²) in [5, 5.41) is 11.4. The first-order chi connectivity index (χ1) is 22.0. The van der Waals surface area contributed by atoms with Crippen LogP contribution in [0, 0.1) is 0 Å². The quantitative estimate of drug-likeness (QED) is 0.195. The number of hydrogen-bond donors (Lipinski definition) is 0. The molecule has 1 aliphatic carbocycles. The Labute approximate surface area is 259 Å². The molecule has 0 saturated heterocycles. The number of hydrogen-bond acceptors (Lipinski definition) is 6. The molecule has 0 unspecified atom stereocenters. The maximum Gasteiger partial charge on any atom is 0.0972 e. The topological polar surface area (TPSA) is 77.3 Å². The average molecular weight is 579 g/mol. The number of benzene rings is 4. The van der Waals surface area contributed by atoms with Gasteiger partial charge in [-0.15, -0.1) is 0 Å². The number of nitrogens with zero attached hydrogens (tertiary/aromatic N) is 6. The van der Waals surface area contributed by atoms with Gasteiger partial charge in [0, 0.05) is 50.7 Å². The summed E-state index contributed by atoms with van der Waals surface area (Å²) in [6, 6.07) is 33.9. The maximum absolute atomic E-state index is 5.32. The summed E-state index contributed by atoms with van der Waals surface area (Å²) in [5.41, 5.74) is 13.0. The van der Waals surface area contributed by atoms with E-state index in [9.17, 15) is 0 Å². The zero-order valence-corrected chi connectivity index (χ0v) is 24.7. The van der Waals surface area contributed by atoms with Crippen LogP contribution in [0.1, 0.15) is 25.0 Å². The Bertz CT molecular complexity index is 2480. The van der Waals surface area contributed by atoms with Gasteiger partial charge < -0.3 is 0 Å². The van der Waals surface area contributed by atoms with Crippen molar-refractivity contribution in [2.24, 2.45) is 0 Å². The molecule has 1 aliphatic rings.